The van der Waals surface area contributed by atoms with E-state index in [4.69, 9.17) is 4.74 Å². The Morgan fingerprint density at radius 3 is 2.80 bits per heavy atom. The van der Waals surface area contributed by atoms with Gasteiger partial charge in [-0.1, -0.05) is 19.1 Å². The summed E-state index contributed by atoms with van der Waals surface area (Å²) in [6.07, 6.45) is 4.22. The van der Waals surface area contributed by atoms with Crippen LogP contribution >= 0.6 is 0 Å². The van der Waals surface area contributed by atoms with Gasteiger partial charge < -0.3 is 14.7 Å². The third kappa shape index (κ3) is 3.45. The summed E-state index contributed by atoms with van der Waals surface area (Å²) in [6.45, 7) is 5.35. The number of para-hydroxylation sites is 2. The lowest BCUT2D eigenvalue weighted by Gasteiger charge is -2.35. The van der Waals surface area contributed by atoms with Crippen molar-refractivity contribution < 1.29 is 14.6 Å². The van der Waals surface area contributed by atoms with Crippen LogP contribution in [0.1, 0.15) is 50.0 Å². The molecule has 1 aliphatic rings. The van der Waals surface area contributed by atoms with Gasteiger partial charge in [0.25, 0.3) is 0 Å². The number of carbonyl (C=O) groups is 1. The number of aromatic nitrogens is 3. The van der Waals surface area contributed by atoms with Gasteiger partial charge in [0.1, 0.15) is 11.4 Å². The number of benzene rings is 1. The highest BCUT2D eigenvalue weighted by Gasteiger charge is 2.30. The fourth-order valence-corrected chi connectivity index (χ4v) is 3.34. The predicted molar refractivity (Wildman–Crippen MR) is 94.8 cm³/mol. The Bertz CT molecular complexity index is 744. The zero-order chi connectivity index (χ0) is 17.8. The molecule has 1 fully saturated rings. The van der Waals surface area contributed by atoms with Crippen molar-refractivity contribution in [3.63, 3.8) is 0 Å². The first-order valence-electron chi connectivity index (χ1n) is 8.85. The Kier molecular flexibility index (Phi) is 5.21. The van der Waals surface area contributed by atoms with Crippen molar-refractivity contribution in [2.24, 2.45) is 0 Å². The first-order valence-corrected chi connectivity index (χ1v) is 8.85. The summed E-state index contributed by atoms with van der Waals surface area (Å²) in [7, 11) is 0. The molecule has 0 unspecified atom stereocenters. The summed E-state index contributed by atoms with van der Waals surface area (Å²) in [5.74, 6) is 0.0232. The Morgan fingerprint density at radius 1 is 1.28 bits per heavy atom. The molecular weight excluding hydrogens is 320 g/mol. The highest BCUT2D eigenvalue weighted by atomic mass is 16.5. The van der Waals surface area contributed by atoms with Crippen LogP contribution < -0.4 is 9.64 Å². The number of hydrogen-bond donors (Lipinski definition) is 1. The highest BCUT2D eigenvalue weighted by molar-refractivity contribution is 5.91. The van der Waals surface area contributed by atoms with Crippen LogP contribution in [-0.2, 0) is 0 Å². The van der Waals surface area contributed by atoms with Crippen molar-refractivity contribution in [1.29, 1.82) is 0 Å². The fourth-order valence-electron chi connectivity index (χ4n) is 3.34. The van der Waals surface area contributed by atoms with E-state index in [0.29, 0.717) is 29.9 Å². The van der Waals surface area contributed by atoms with E-state index in [0.717, 1.165) is 25.8 Å². The molecule has 0 bridgehead atoms. The monoisotopic (exact) mass is 344 g/mol. The minimum absolute atomic E-state index is 0.00773. The van der Waals surface area contributed by atoms with Gasteiger partial charge in [0.05, 0.1) is 6.61 Å². The van der Waals surface area contributed by atoms with Crippen LogP contribution in [0.2, 0.25) is 0 Å². The molecule has 1 N–H and O–H groups in total. The Morgan fingerprint density at radius 2 is 2.08 bits per heavy atom. The molecular formula is C18H24N4O3. The Hall–Kier alpha value is -2.57. The molecule has 0 saturated carbocycles. The van der Waals surface area contributed by atoms with E-state index >= 15 is 0 Å². The van der Waals surface area contributed by atoms with E-state index in [-0.39, 0.29) is 5.69 Å². The standard InChI is InChI=1S/C18H24N4O3/c1-3-13-9-7-8-12-21(13)17-16(18(23)24)19-22(20-17)14-10-5-6-11-15(14)25-4-2/h5-6,10-11,13H,3-4,7-9,12H2,1-2H3,(H,23,24)/t13-/m0/s1. The van der Waals surface area contributed by atoms with E-state index < -0.39 is 5.97 Å². The van der Waals surface area contributed by atoms with Gasteiger partial charge >= 0.3 is 5.97 Å². The number of carboxylic acids is 1. The summed E-state index contributed by atoms with van der Waals surface area (Å²) in [5, 5.41) is 18.4. The van der Waals surface area contributed by atoms with Crippen molar-refractivity contribution in [2.45, 2.75) is 45.6 Å². The second-order valence-electron chi connectivity index (χ2n) is 6.12. The van der Waals surface area contributed by atoms with Gasteiger partial charge in [-0.2, -0.15) is 0 Å². The molecule has 1 saturated heterocycles. The number of nitrogens with zero attached hydrogens (tertiary/aromatic N) is 4. The number of anilines is 1. The molecule has 134 valence electrons. The van der Waals surface area contributed by atoms with Crippen LogP contribution in [0.4, 0.5) is 5.82 Å². The molecule has 3 rings (SSSR count). The van der Waals surface area contributed by atoms with Gasteiger partial charge in [0, 0.05) is 12.6 Å². The van der Waals surface area contributed by atoms with E-state index in [9.17, 15) is 9.90 Å². The Balaban J connectivity index is 2.05. The van der Waals surface area contributed by atoms with E-state index in [1.807, 2.05) is 31.2 Å². The number of carboxylic acid groups (broad SMARTS) is 1. The van der Waals surface area contributed by atoms with Crippen LogP contribution in [0.5, 0.6) is 5.75 Å². The maximum absolute atomic E-state index is 11.7. The SMILES string of the molecule is CCOc1ccccc1-n1nc(C(=O)O)c(N2CCCC[C@@H]2CC)n1. The smallest absolute Gasteiger partial charge is 0.360 e. The molecule has 1 aliphatic heterocycles. The molecule has 25 heavy (non-hydrogen) atoms. The quantitative estimate of drug-likeness (QED) is 0.867. The summed E-state index contributed by atoms with van der Waals surface area (Å²) in [4.78, 5) is 15.2. The van der Waals surface area contributed by atoms with Gasteiger partial charge in [0.15, 0.2) is 5.82 Å². The van der Waals surface area contributed by atoms with Crippen molar-refractivity contribution in [1.82, 2.24) is 15.0 Å². The Labute approximate surface area is 147 Å². The van der Waals surface area contributed by atoms with Crippen molar-refractivity contribution in [3.8, 4) is 11.4 Å². The lowest BCUT2D eigenvalue weighted by atomic mass is 10.00. The normalized spacial score (nSPS) is 17.5. The van der Waals surface area contributed by atoms with Gasteiger partial charge in [-0.15, -0.1) is 15.0 Å². The molecule has 0 aliphatic carbocycles. The summed E-state index contributed by atoms with van der Waals surface area (Å²) < 4.78 is 5.63. The van der Waals surface area contributed by atoms with Gasteiger partial charge in [0.2, 0.25) is 5.69 Å². The van der Waals surface area contributed by atoms with Gasteiger partial charge in [-0.05, 0) is 44.7 Å². The second-order valence-corrected chi connectivity index (χ2v) is 6.12. The molecule has 0 spiro atoms. The van der Waals surface area contributed by atoms with Crippen LogP contribution in [0.3, 0.4) is 0 Å². The minimum Gasteiger partial charge on any atom is -0.492 e. The van der Waals surface area contributed by atoms with Crippen LogP contribution in [-0.4, -0.2) is 45.3 Å². The van der Waals surface area contributed by atoms with Crippen molar-refractivity contribution >= 4 is 11.8 Å². The topological polar surface area (TPSA) is 80.5 Å². The molecule has 7 heteroatoms. The zero-order valence-electron chi connectivity index (χ0n) is 14.7. The molecule has 1 aromatic heterocycles. The van der Waals surface area contributed by atoms with Crippen LogP contribution in [0, 0.1) is 0 Å². The lowest BCUT2D eigenvalue weighted by molar-refractivity contribution is 0.0690. The first kappa shape index (κ1) is 17.3. The van der Waals surface area contributed by atoms with E-state index in [1.165, 1.54) is 11.2 Å². The number of piperidine rings is 1. The van der Waals surface area contributed by atoms with Crippen LogP contribution in [0.15, 0.2) is 24.3 Å². The van der Waals surface area contributed by atoms with E-state index in [1.54, 1.807) is 0 Å². The minimum atomic E-state index is -1.06. The van der Waals surface area contributed by atoms with Crippen molar-refractivity contribution in [2.75, 3.05) is 18.1 Å². The average Bonchev–Trinajstić information content (AvgIpc) is 3.08. The number of rotatable bonds is 6. The molecule has 2 heterocycles. The first-order chi connectivity index (χ1) is 12.2. The average molecular weight is 344 g/mol. The summed E-state index contributed by atoms with van der Waals surface area (Å²) in [5.41, 5.74) is 0.634. The third-order valence-corrected chi connectivity index (χ3v) is 4.55. The third-order valence-electron chi connectivity index (χ3n) is 4.55. The molecule has 2 aromatic rings. The highest BCUT2D eigenvalue weighted by Crippen LogP contribution is 2.29. The molecule has 0 radical (unpaired) electrons. The fraction of sp³-hybridized carbons (Fsp3) is 0.500. The largest absolute Gasteiger partial charge is 0.492 e. The number of aromatic carboxylic acids is 1. The molecule has 0 amide bonds. The van der Waals surface area contributed by atoms with Gasteiger partial charge in [-0.25, -0.2) is 4.79 Å². The molecule has 1 atom stereocenters. The van der Waals surface area contributed by atoms with Crippen LogP contribution in [0.25, 0.3) is 5.69 Å². The zero-order valence-corrected chi connectivity index (χ0v) is 14.7. The molecule has 1 aromatic carbocycles. The van der Waals surface area contributed by atoms with E-state index in [2.05, 4.69) is 22.0 Å². The number of hydrogen-bond acceptors (Lipinski definition) is 5. The lowest BCUT2D eigenvalue weighted by Crippen LogP contribution is -2.40. The molecule has 7 nitrogen and oxygen atoms in total. The van der Waals surface area contributed by atoms with Gasteiger partial charge in [-0.3, -0.25) is 0 Å². The number of ether oxygens (including phenoxy) is 1. The predicted octanol–water partition coefficient (Wildman–Crippen LogP) is 3.13. The summed E-state index contributed by atoms with van der Waals surface area (Å²) in [6, 6.07) is 7.69. The maximum Gasteiger partial charge on any atom is 0.360 e. The second kappa shape index (κ2) is 7.55. The maximum atomic E-state index is 11.7. The summed E-state index contributed by atoms with van der Waals surface area (Å²) >= 11 is 0. The van der Waals surface area contributed by atoms with Crippen molar-refractivity contribution in [3.05, 3.63) is 30.0 Å².